The molecule has 4 aromatic heterocycles. The molecular weight excluding hydrogens is 639 g/mol. The minimum atomic E-state index is -0.233. The maximum absolute atomic E-state index is 13.6. The normalized spacial score (nSPS) is 11.9. The summed E-state index contributed by atoms with van der Waals surface area (Å²) in [5.41, 5.74) is 14.3. The zero-order valence-corrected chi connectivity index (χ0v) is 28.5. The molecule has 8 heteroatoms. The highest BCUT2D eigenvalue weighted by Gasteiger charge is 2.17. The molecule has 0 fully saturated rings. The lowest BCUT2D eigenvalue weighted by atomic mass is 10.1. The molecular formula is C43H40F2N6. The number of fused-ring (bicyclic) bond motifs is 6. The first kappa shape index (κ1) is 32.7. The zero-order valence-electron chi connectivity index (χ0n) is 28.5. The maximum Gasteiger partial charge on any atom is 0.123 e. The number of benzene rings is 4. The third-order valence-corrected chi connectivity index (χ3v) is 9.89. The quantitative estimate of drug-likeness (QED) is 0.124. The Hall–Kier alpha value is -5.44. The lowest BCUT2D eigenvalue weighted by Gasteiger charge is -2.22. The van der Waals surface area contributed by atoms with E-state index in [1.807, 2.05) is 36.7 Å². The molecule has 8 rings (SSSR count). The Morgan fingerprint density at radius 3 is 1.47 bits per heavy atom. The summed E-state index contributed by atoms with van der Waals surface area (Å²) in [5.74, 6) is -0.466. The van der Waals surface area contributed by atoms with Crippen LogP contribution in [0.15, 0.2) is 122 Å². The van der Waals surface area contributed by atoms with Gasteiger partial charge in [-0.05, 0) is 85.6 Å². The Labute approximate surface area is 295 Å². The van der Waals surface area contributed by atoms with E-state index in [0.29, 0.717) is 32.7 Å². The molecule has 0 radical (unpaired) electrons. The number of nitrogens with two attached hydrogens (primary N) is 1. The van der Waals surface area contributed by atoms with Gasteiger partial charge in [-0.1, -0.05) is 67.1 Å². The van der Waals surface area contributed by atoms with E-state index < -0.39 is 0 Å². The van der Waals surface area contributed by atoms with Crippen LogP contribution in [0.2, 0.25) is 0 Å². The van der Waals surface area contributed by atoms with Gasteiger partial charge < -0.3 is 14.9 Å². The second-order valence-corrected chi connectivity index (χ2v) is 13.4. The summed E-state index contributed by atoms with van der Waals surface area (Å²) in [7, 11) is 0. The highest BCUT2D eigenvalue weighted by atomic mass is 19.1. The number of pyridine rings is 2. The molecule has 0 spiro atoms. The van der Waals surface area contributed by atoms with E-state index in [4.69, 9.17) is 15.7 Å². The number of hydrogen-bond donors (Lipinski definition) is 1. The van der Waals surface area contributed by atoms with Gasteiger partial charge in [0.15, 0.2) is 0 Å². The Morgan fingerprint density at radius 2 is 1.00 bits per heavy atom. The van der Waals surface area contributed by atoms with Crippen LogP contribution in [0.4, 0.5) is 8.78 Å². The fourth-order valence-corrected chi connectivity index (χ4v) is 7.36. The summed E-state index contributed by atoms with van der Waals surface area (Å²) >= 11 is 0. The first-order valence-electron chi connectivity index (χ1n) is 17.7. The van der Waals surface area contributed by atoms with Crippen molar-refractivity contribution in [1.82, 2.24) is 24.0 Å². The molecule has 256 valence electrons. The predicted molar refractivity (Wildman–Crippen MR) is 203 cm³/mol. The summed E-state index contributed by atoms with van der Waals surface area (Å²) in [6.45, 7) is 4.22. The SMILES string of the molecule is NCCCCCN(Cc1cc2c3ccccc3n(Cc3ccc(F)cc3)c2cn1)Cc1cc2c3ccccc3n(Cc3ccc(F)cc3)c2cn1. The van der Waals surface area contributed by atoms with Gasteiger partial charge in [0.1, 0.15) is 11.6 Å². The number of aromatic nitrogens is 4. The molecule has 51 heavy (non-hydrogen) atoms. The standard InChI is InChI=1S/C43H40F2N6/c44-32-16-12-30(13-17-32)26-50-40-10-4-2-8-36(40)38-22-34(47-24-42(38)50)28-49(21-7-1-6-20-46)29-35-23-39-37-9-3-5-11-41(37)51(43(39)25-48-35)27-31-14-18-33(45)19-15-31/h2-5,8-19,22-25H,1,6-7,20-21,26-29,46H2. The van der Waals surface area contributed by atoms with Gasteiger partial charge in [0.05, 0.1) is 34.8 Å². The Bertz CT molecular complexity index is 2280. The molecule has 0 saturated carbocycles. The topological polar surface area (TPSA) is 64.9 Å². The van der Waals surface area contributed by atoms with Crippen molar-refractivity contribution in [2.24, 2.45) is 5.73 Å². The fraction of sp³-hybridized carbons (Fsp3) is 0.209. The summed E-state index contributed by atoms with van der Waals surface area (Å²) in [6, 6.07) is 34.8. The molecule has 0 bridgehead atoms. The Kier molecular flexibility index (Phi) is 9.26. The number of rotatable bonds is 13. The Morgan fingerprint density at radius 1 is 0.529 bits per heavy atom. The van der Waals surface area contributed by atoms with Gasteiger partial charge in [-0.2, -0.15) is 0 Å². The minimum Gasteiger partial charge on any atom is -0.335 e. The number of halogens is 2. The van der Waals surface area contributed by atoms with Crippen LogP contribution in [0.3, 0.4) is 0 Å². The van der Waals surface area contributed by atoms with E-state index >= 15 is 0 Å². The number of para-hydroxylation sites is 2. The second-order valence-electron chi connectivity index (χ2n) is 13.4. The second kappa shape index (κ2) is 14.4. The monoisotopic (exact) mass is 678 g/mol. The molecule has 0 aliphatic heterocycles. The van der Waals surface area contributed by atoms with Gasteiger partial charge in [0.2, 0.25) is 0 Å². The van der Waals surface area contributed by atoms with E-state index in [9.17, 15) is 8.78 Å². The van der Waals surface area contributed by atoms with Gasteiger partial charge in [0.25, 0.3) is 0 Å². The summed E-state index contributed by atoms with van der Waals surface area (Å²) in [6.07, 6.45) is 7.08. The summed E-state index contributed by atoms with van der Waals surface area (Å²) in [4.78, 5) is 12.4. The van der Waals surface area contributed by atoms with Crippen LogP contribution in [-0.4, -0.2) is 37.1 Å². The molecule has 0 amide bonds. The third-order valence-electron chi connectivity index (χ3n) is 9.89. The molecule has 8 aromatic rings. The van der Waals surface area contributed by atoms with Gasteiger partial charge in [-0.25, -0.2) is 8.78 Å². The number of hydrogen-bond acceptors (Lipinski definition) is 4. The van der Waals surface area contributed by atoms with E-state index in [2.05, 4.69) is 74.7 Å². The summed E-state index contributed by atoms with van der Waals surface area (Å²) in [5, 5.41) is 4.68. The lowest BCUT2D eigenvalue weighted by Crippen LogP contribution is -2.25. The molecule has 0 atom stereocenters. The Balaban J connectivity index is 1.11. The molecule has 0 saturated heterocycles. The van der Waals surface area contributed by atoms with Crippen LogP contribution < -0.4 is 5.73 Å². The number of unbranched alkanes of at least 4 members (excludes halogenated alkanes) is 2. The van der Waals surface area contributed by atoms with Gasteiger partial charge >= 0.3 is 0 Å². The molecule has 4 heterocycles. The molecule has 0 aliphatic carbocycles. The van der Waals surface area contributed by atoms with Gasteiger partial charge in [0, 0.05) is 58.8 Å². The van der Waals surface area contributed by atoms with Crippen molar-refractivity contribution in [1.29, 1.82) is 0 Å². The van der Waals surface area contributed by atoms with Crippen molar-refractivity contribution in [2.45, 2.75) is 45.4 Å². The van der Waals surface area contributed by atoms with Crippen LogP contribution in [0, 0.1) is 11.6 Å². The summed E-state index contributed by atoms with van der Waals surface area (Å²) < 4.78 is 31.8. The van der Waals surface area contributed by atoms with Crippen molar-refractivity contribution < 1.29 is 8.78 Å². The largest absolute Gasteiger partial charge is 0.335 e. The van der Waals surface area contributed by atoms with Crippen molar-refractivity contribution in [2.75, 3.05) is 13.1 Å². The fourth-order valence-electron chi connectivity index (χ4n) is 7.36. The maximum atomic E-state index is 13.6. The lowest BCUT2D eigenvalue weighted by molar-refractivity contribution is 0.245. The molecule has 0 aliphatic rings. The molecule has 4 aromatic carbocycles. The highest BCUT2D eigenvalue weighted by molar-refractivity contribution is 6.08. The van der Waals surface area contributed by atoms with Crippen LogP contribution in [0.1, 0.15) is 41.8 Å². The van der Waals surface area contributed by atoms with Crippen LogP contribution in [-0.2, 0) is 26.2 Å². The smallest absolute Gasteiger partial charge is 0.123 e. The molecule has 2 N–H and O–H groups in total. The highest BCUT2D eigenvalue weighted by Crippen LogP contribution is 2.32. The first-order valence-corrected chi connectivity index (χ1v) is 17.7. The molecule has 0 unspecified atom stereocenters. The van der Waals surface area contributed by atoms with Crippen LogP contribution in [0.5, 0.6) is 0 Å². The first-order chi connectivity index (χ1) is 25.0. The minimum absolute atomic E-state index is 0.233. The van der Waals surface area contributed by atoms with Crippen LogP contribution >= 0.6 is 0 Å². The van der Waals surface area contributed by atoms with Crippen LogP contribution in [0.25, 0.3) is 43.6 Å². The third kappa shape index (κ3) is 6.85. The van der Waals surface area contributed by atoms with Crippen molar-refractivity contribution >= 4 is 43.6 Å². The van der Waals surface area contributed by atoms with Gasteiger partial charge in [-0.15, -0.1) is 0 Å². The van der Waals surface area contributed by atoms with E-state index in [1.54, 1.807) is 0 Å². The van der Waals surface area contributed by atoms with E-state index in [-0.39, 0.29) is 11.6 Å². The average Bonchev–Trinajstić information content (AvgIpc) is 3.63. The van der Waals surface area contributed by atoms with Gasteiger partial charge in [-0.3, -0.25) is 14.9 Å². The predicted octanol–water partition coefficient (Wildman–Crippen LogP) is 9.20. The van der Waals surface area contributed by atoms with Crippen molar-refractivity contribution in [3.8, 4) is 0 Å². The molecule has 6 nitrogen and oxygen atoms in total. The van der Waals surface area contributed by atoms with E-state index in [1.165, 1.54) is 35.0 Å². The van der Waals surface area contributed by atoms with Crippen molar-refractivity contribution in [3.63, 3.8) is 0 Å². The number of nitrogens with zero attached hydrogens (tertiary/aromatic N) is 5. The zero-order chi connectivity index (χ0) is 34.7. The van der Waals surface area contributed by atoms with Crippen molar-refractivity contribution in [3.05, 3.63) is 156 Å². The average molecular weight is 679 g/mol. The van der Waals surface area contributed by atoms with E-state index in [0.717, 1.165) is 81.2 Å².